The lowest BCUT2D eigenvalue weighted by Gasteiger charge is -2.21. The van der Waals surface area contributed by atoms with E-state index in [2.05, 4.69) is 4.90 Å². The lowest BCUT2D eigenvalue weighted by atomic mass is 9.98. The number of methoxy groups -OCH3 is 1. The van der Waals surface area contributed by atoms with Gasteiger partial charge in [-0.3, -0.25) is 9.69 Å². The topological polar surface area (TPSA) is 29.5 Å². The molecule has 1 aliphatic rings. The molecule has 4 heteroatoms. The molecule has 1 aromatic rings. The summed E-state index contributed by atoms with van der Waals surface area (Å²) >= 11 is 0. The van der Waals surface area contributed by atoms with E-state index in [1.807, 2.05) is 13.0 Å². The van der Waals surface area contributed by atoms with Crippen molar-refractivity contribution in [1.82, 2.24) is 4.90 Å². The SMILES string of the molecule is COC(=O)[C@H](C)N1CC[C@@H](c2cccc(F)c2)C1. The molecule has 1 saturated heterocycles. The number of esters is 1. The van der Waals surface area contributed by atoms with Gasteiger partial charge in [0.1, 0.15) is 11.9 Å². The first-order valence-corrected chi connectivity index (χ1v) is 6.19. The van der Waals surface area contributed by atoms with Gasteiger partial charge in [0.2, 0.25) is 0 Å². The van der Waals surface area contributed by atoms with E-state index in [4.69, 9.17) is 4.74 Å². The van der Waals surface area contributed by atoms with Crippen LogP contribution in [0, 0.1) is 5.82 Å². The van der Waals surface area contributed by atoms with Gasteiger partial charge in [0.05, 0.1) is 7.11 Å². The van der Waals surface area contributed by atoms with Gasteiger partial charge in [-0.25, -0.2) is 4.39 Å². The zero-order valence-electron chi connectivity index (χ0n) is 10.7. The van der Waals surface area contributed by atoms with Crippen molar-refractivity contribution >= 4 is 5.97 Å². The highest BCUT2D eigenvalue weighted by atomic mass is 19.1. The summed E-state index contributed by atoms with van der Waals surface area (Å²) in [5.41, 5.74) is 1.01. The fraction of sp³-hybridized carbons (Fsp3) is 0.500. The van der Waals surface area contributed by atoms with E-state index in [0.29, 0.717) is 5.92 Å². The minimum atomic E-state index is -0.228. The first-order valence-electron chi connectivity index (χ1n) is 6.19. The van der Waals surface area contributed by atoms with Crippen LogP contribution in [-0.2, 0) is 9.53 Å². The molecule has 1 fully saturated rings. The van der Waals surface area contributed by atoms with Crippen LogP contribution in [0.2, 0.25) is 0 Å². The number of likely N-dealkylation sites (tertiary alicyclic amines) is 1. The molecular weight excluding hydrogens is 233 g/mol. The molecule has 2 atom stereocenters. The molecule has 0 N–H and O–H groups in total. The van der Waals surface area contributed by atoms with E-state index in [-0.39, 0.29) is 17.8 Å². The Kier molecular flexibility index (Phi) is 3.97. The van der Waals surface area contributed by atoms with E-state index < -0.39 is 0 Å². The maximum Gasteiger partial charge on any atom is 0.322 e. The molecule has 1 aliphatic heterocycles. The maximum atomic E-state index is 13.2. The number of carbonyl (C=O) groups excluding carboxylic acids is 1. The van der Waals surface area contributed by atoms with Gasteiger partial charge in [0, 0.05) is 6.54 Å². The number of hydrogen-bond acceptors (Lipinski definition) is 3. The van der Waals surface area contributed by atoms with Crippen molar-refractivity contribution in [3.63, 3.8) is 0 Å². The van der Waals surface area contributed by atoms with Crippen LogP contribution in [0.3, 0.4) is 0 Å². The Labute approximate surface area is 107 Å². The van der Waals surface area contributed by atoms with E-state index in [9.17, 15) is 9.18 Å². The number of ether oxygens (including phenoxy) is 1. The van der Waals surface area contributed by atoms with Gasteiger partial charge >= 0.3 is 5.97 Å². The Bertz CT molecular complexity index is 436. The summed E-state index contributed by atoms with van der Waals surface area (Å²) in [6, 6.07) is 6.48. The summed E-state index contributed by atoms with van der Waals surface area (Å²) in [5.74, 6) is -0.116. The highest BCUT2D eigenvalue weighted by molar-refractivity contribution is 5.75. The smallest absolute Gasteiger partial charge is 0.322 e. The Morgan fingerprint density at radius 3 is 3.00 bits per heavy atom. The number of nitrogens with zero attached hydrogens (tertiary/aromatic N) is 1. The fourth-order valence-electron chi connectivity index (χ4n) is 2.49. The first kappa shape index (κ1) is 13.0. The van der Waals surface area contributed by atoms with Crippen molar-refractivity contribution in [2.75, 3.05) is 20.2 Å². The van der Waals surface area contributed by atoms with Crippen LogP contribution in [0.25, 0.3) is 0 Å². The average Bonchev–Trinajstić information content (AvgIpc) is 2.86. The molecule has 0 unspecified atom stereocenters. The number of halogens is 1. The molecule has 0 amide bonds. The van der Waals surface area contributed by atoms with Gasteiger partial charge in [-0.15, -0.1) is 0 Å². The van der Waals surface area contributed by atoms with E-state index in [0.717, 1.165) is 25.1 Å². The lowest BCUT2D eigenvalue weighted by Crippen LogP contribution is -2.37. The largest absolute Gasteiger partial charge is 0.468 e. The van der Waals surface area contributed by atoms with Crippen molar-refractivity contribution in [2.24, 2.45) is 0 Å². The predicted molar refractivity (Wildman–Crippen MR) is 66.8 cm³/mol. The van der Waals surface area contributed by atoms with Crippen molar-refractivity contribution in [1.29, 1.82) is 0 Å². The fourth-order valence-corrected chi connectivity index (χ4v) is 2.49. The predicted octanol–water partition coefficient (Wildman–Crippen LogP) is 2.18. The number of hydrogen-bond donors (Lipinski definition) is 0. The summed E-state index contributed by atoms with van der Waals surface area (Å²) in [5, 5.41) is 0. The standard InChI is InChI=1S/C14H18FNO2/c1-10(14(17)18-2)16-7-6-12(9-16)11-4-3-5-13(15)8-11/h3-5,8,10,12H,6-7,9H2,1-2H3/t10-,12+/m0/s1. The second-order valence-corrected chi connectivity index (χ2v) is 4.73. The highest BCUT2D eigenvalue weighted by Gasteiger charge is 2.30. The van der Waals surface area contributed by atoms with E-state index in [1.165, 1.54) is 13.2 Å². The van der Waals surface area contributed by atoms with Crippen LogP contribution in [0.1, 0.15) is 24.8 Å². The second-order valence-electron chi connectivity index (χ2n) is 4.73. The highest BCUT2D eigenvalue weighted by Crippen LogP contribution is 2.28. The molecule has 2 rings (SSSR count). The van der Waals surface area contributed by atoms with Crippen LogP contribution in [0.4, 0.5) is 4.39 Å². The van der Waals surface area contributed by atoms with Crippen molar-refractivity contribution < 1.29 is 13.9 Å². The van der Waals surface area contributed by atoms with Gasteiger partial charge in [0.25, 0.3) is 0 Å². The molecule has 98 valence electrons. The van der Waals surface area contributed by atoms with Crippen molar-refractivity contribution in [2.45, 2.75) is 25.3 Å². The van der Waals surface area contributed by atoms with Gasteiger partial charge in [-0.2, -0.15) is 0 Å². The Morgan fingerprint density at radius 1 is 1.56 bits per heavy atom. The molecule has 1 aromatic carbocycles. The monoisotopic (exact) mass is 251 g/mol. The summed E-state index contributed by atoms with van der Waals surface area (Å²) in [7, 11) is 1.40. The molecule has 3 nitrogen and oxygen atoms in total. The maximum absolute atomic E-state index is 13.2. The summed E-state index contributed by atoms with van der Waals surface area (Å²) in [4.78, 5) is 13.6. The minimum absolute atomic E-state index is 0.202. The van der Waals surface area contributed by atoms with Gasteiger partial charge in [0.15, 0.2) is 0 Å². The van der Waals surface area contributed by atoms with E-state index in [1.54, 1.807) is 12.1 Å². The minimum Gasteiger partial charge on any atom is -0.468 e. The van der Waals surface area contributed by atoms with Crippen molar-refractivity contribution in [3.05, 3.63) is 35.6 Å². The lowest BCUT2D eigenvalue weighted by molar-refractivity contribution is -0.145. The number of benzene rings is 1. The molecular formula is C14H18FNO2. The Hall–Kier alpha value is -1.42. The third kappa shape index (κ3) is 2.70. The molecule has 18 heavy (non-hydrogen) atoms. The normalized spacial score (nSPS) is 21.8. The van der Waals surface area contributed by atoms with Crippen LogP contribution >= 0.6 is 0 Å². The van der Waals surface area contributed by atoms with Gasteiger partial charge in [-0.1, -0.05) is 12.1 Å². The molecule has 0 bridgehead atoms. The van der Waals surface area contributed by atoms with E-state index >= 15 is 0 Å². The van der Waals surface area contributed by atoms with Crippen LogP contribution in [0.5, 0.6) is 0 Å². The molecule has 0 radical (unpaired) electrons. The first-order chi connectivity index (χ1) is 8.61. The Balaban J connectivity index is 2.02. The van der Waals surface area contributed by atoms with Crippen LogP contribution < -0.4 is 0 Å². The number of rotatable bonds is 3. The molecule has 0 spiro atoms. The molecule has 1 heterocycles. The van der Waals surface area contributed by atoms with Gasteiger partial charge in [-0.05, 0) is 43.5 Å². The third-order valence-electron chi connectivity index (χ3n) is 3.63. The average molecular weight is 251 g/mol. The molecule has 0 saturated carbocycles. The number of carbonyl (C=O) groups is 1. The third-order valence-corrected chi connectivity index (χ3v) is 3.63. The summed E-state index contributed by atoms with van der Waals surface area (Å²) in [6.07, 6.45) is 0.949. The van der Waals surface area contributed by atoms with Crippen molar-refractivity contribution in [3.8, 4) is 0 Å². The zero-order chi connectivity index (χ0) is 13.1. The molecule has 0 aromatic heterocycles. The van der Waals surface area contributed by atoms with Gasteiger partial charge < -0.3 is 4.74 Å². The summed E-state index contributed by atoms with van der Waals surface area (Å²) in [6.45, 7) is 3.47. The molecule has 0 aliphatic carbocycles. The Morgan fingerprint density at radius 2 is 2.33 bits per heavy atom. The second kappa shape index (κ2) is 5.48. The van der Waals surface area contributed by atoms with Crippen LogP contribution in [0.15, 0.2) is 24.3 Å². The summed E-state index contributed by atoms with van der Waals surface area (Å²) < 4.78 is 17.9. The quantitative estimate of drug-likeness (QED) is 0.771. The zero-order valence-corrected chi connectivity index (χ0v) is 10.7. The van der Waals surface area contributed by atoms with Crippen LogP contribution in [-0.4, -0.2) is 37.1 Å².